The SMILES string of the molecule is I.NC(=NCc1ccccc1OC1CCC1)N1CCOCC1. The van der Waals surface area contributed by atoms with Gasteiger partial charge in [-0.1, -0.05) is 18.2 Å². The summed E-state index contributed by atoms with van der Waals surface area (Å²) in [6.45, 7) is 3.63. The van der Waals surface area contributed by atoms with Crippen LogP contribution in [0.3, 0.4) is 0 Å². The van der Waals surface area contributed by atoms with Gasteiger partial charge in [0.2, 0.25) is 0 Å². The summed E-state index contributed by atoms with van der Waals surface area (Å²) in [6, 6.07) is 8.11. The zero-order chi connectivity index (χ0) is 14.5. The number of nitrogens with zero attached hydrogens (tertiary/aromatic N) is 2. The third kappa shape index (κ3) is 4.49. The summed E-state index contributed by atoms with van der Waals surface area (Å²) in [6.07, 6.45) is 3.97. The van der Waals surface area contributed by atoms with Gasteiger partial charge < -0.3 is 20.1 Å². The first-order chi connectivity index (χ1) is 10.3. The van der Waals surface area contributed by atoms with Crippen LogP contribution in [0.4, 0.5) is 0 Å². The monoisotopic (exact) mass is 417 g/mol. The first-order valence-electron chi connectivity index (χ1n) is 7.70. The second-order valence-corrected chi connectivity index (χ2v) is 5.55. The summed E-state index contributed by atoms with van der Waals surface area (Å²) >= 11 is 0. The predicted octanol–water partition coefficient (Wildman–Crippen LogP) is 2.38. The normalized spacial score (nSPS) is 19.3. The Morgan fingerprint density at radius 3 is 2.68 bits per heavy atom. The van der Waals surface area contributed by atoms with E-state index in [-0.39, 0.29) is 24.0 Å². The van der Waals surface area contributed by atoms with Crippen LogP contribution in [0.1, 0.15) is 24.8 Å². The van der Waals surface area contributed by atoms with Crippen LogP contribution in [-0.2, 0) is 11.3 Å². The molecule has 22 heavy (non-hydrogen) atoms. The maximum absolute atomic E-state index is 6.06. The number of hydrogen-bond donors (Lipinski definition) is 1. The average Bonchev–Trinajstić information content (AvgIpc) is 2.50. The van der Waals surface area contributed by atoms with Gasteiger partial charge in [0.05, 0.1) is 25.9 Å². The van der Waals surface area contributed by atoms with Crippen molar-refractivity contribution in [2.75, 3.05) is 26.3 Å². The van der Waals surface area contributed by atoms with Gasteiger partial charge in [-0.3, -0.25) is 0 Å². The number of guanidine groups is 1. The molecule has 2 aliphatic rings. The van der Waals surface area contributed by atoms with E-state index in [0.29, 0.717) is 18.6 Å². The fourth-order valence-electron chi connectivity index (χ4n) is 2.48. The zero-order valence-corrected chi connectivity index (χ0v) is 15.1. The summed E-state index contributed by atoms with van der Waals surface area (Å²) in [4.78, 5) is 6.58. The first-order valence-corrected chi connectivity index (χ1v) is 7.70. The largest absolute Gasteiger partial charge is 0.490 e. The van der Waals surface area contributed by atoms with E-state index in [0.717, 1.165) is 50.5 Å². The van der Waals surface area contributed by atoms with Crippen molar-refractivity contribution in [2.45, 2.75) is 31.9 Å². The number of halogens is 1. The van der Waals surface area contributed by atoms with Crippen molar-refractivity contribution < 1.29 is 9.47 Å². The number of benzene rings is 1. The smallest absolute Gasteiger partial charge is 0.191 e. The molecular weight excluding hydrogens is 393 g/mol. The second kappa shape index (κ2) is 8.57. The number of para-hydroxylation sites is 1. The Morgan fingerprint density at radius 1 is 1.27 bits per heavy atom. The highest BCUT2D eigenvalue weighted by Crippen LogP contribution is 2.27. The zero-order valence-electron chi connectivity index (χ0n) is 12.7. The average molecular weight is 417 g/mol. The Hall–Kier alpha value is -1.02. The molecule has 2 N–H and O–H groups in total. The van der Waals surface area contributed by atoms with Crippen LogP contribution in [0, 0.1) is 0 Å². The molecule has 0 bridgehead atoms. The van der Waals surface area contributed by atoms with Crippen molar-refractivity contribution in [2.24, 2.45) is 10.7 Å². The van der Waals surface area contributed by atoms with E-state index in [1.807, 2.05) is 18.2 Å². The Labute approximate surface area is 148 Å². The van der Waals surface area contributed by atoms with Crippen LogP contribution in [0.15, 0.2) is 29.3 Å². The van der Waals surface area contributed by atoms with Crippen molar-refractivity contribution in [3.63, 3.8) is 0 Å². The van der Waals surface area contributed by atoms with Gasteiger partial charge in [-0.05, 0) is 25.3 Å². The lowest BCUT2D eigenvalue weighted by molar-refractivity contribution is 0.0674. The van der Waals surface area contributed by atoms with Crippen molar-refractivity contribution in [1.82, 2.24) is 4.90 Å². The Bertz CT molecular complexity index is 500. The fourth-order valence-corrected chi connectivity index (χ4v) is 2.48. The van der Waals surface area contributed by atoms with E-state index in [1.165, 1.54) is 6.42 Å². The maximum Gasteiger partial charge on any atom is 0.191 e. The molecule has 1 aromatic carbocycles. The Morgan fingerprint density at radius 2 is 2.00 bits per heavy atom. The molecule has 122 valence electrons. The van der Waals surface area contributed by atoms with E-state index in [2.05, 4.69) is 16.0 Å². The topological polar surface area (TPSA) is 60.1 Å². The quantitative estimate of drug-likeness (QED) is 0.465. The van der Waals surface area contributed by atoms with Gasteiger partial charge in [0.15, 0.2) is 5.96 Å². The summed E-state index contributed by atoms with van der Waals surface area (Å²) < 4.78 is 11.3. The molecule has 6 heteroatoms. The standard InChI is InChI=1S/C16H23N3O2.HI/c17-16(19-8-10-20-11-9-19)18-12-13-4-1-2-7-15(13)21-14-5-3-6-14;/h1-2,4,7,14H,3,5-6,8-12H2,(H2,17,18);1H. The molecule has 5 nitrogen and oxygen atoms in total. The Balaban J connectivity index is 0.00000176. The van der Waals surface area contributed by atoms with Crippen LogP contribution in [0.5, 0.6) is 5.75 Å². The predicted molar refractivity (Wildman–Crippen MR) is 97.8 cm³/mol. The fraction of sp³-hybridized carbons (Fsp3) is 0.562. The molecule has 1 aliphatic carbocycles. The van der Waals surface area contributed by atoms with Gasteiger partial charge in [-0.25, -0.2) is 4.99 Å². The van der Waals surface area contributed by atoms with Gasteiger partial charge in [0.1, 0.15) is 5.75 Å². The summed E-state index contributed by atoms with van der Waals surface area (Å²) in [5.74, 6) is 1.54. The number of morpholine rings is 1. The molecule has 1 aromatic rings. The molecule has 1 heterocycles. The van der Waals surface area contributed by atoms with Crippen LogP contribution < -0.4 is 10.5 Å². The molecule has 1 aliphatic heterocycles. The second-order valence-electron chi connectivity index (χ2n) is 5.55. The third-order valence-corrected chi connectivity index (χ3v) is 4.06. The molecule has 1 saturated carbocycles. The van der Waals surface area contributed by atoms with E-state index in [1.54, 1.807) is 0 Å². The Kier molecular flexibility index (Phi) is 6.75. The summed E-state index contributed by atoms with van der Waals surface area (Å²) in [7, 11) is 0. The van der Waals surface area contributed by atoms with E-state index < -0.39 is 0 Å². The van der Waals surface area contributed by atoms with Crippen LogP contribution in [0.25, 0.3) is 0 Å². The minimum absolute atomic E-state index is 0. The molecule has 0 radical (unpaired) electrons. The van der Waals surface area contributed by atoms with Gasteiger partial charge in [0.25, 0.3) is 0 Å². The number of rotatable bonds is 4. The third-order valence-electron chi connectivity index (χ3n) is 4.06. The van der Waals surface area contributed by atoms with Crippen LogP contribution >= 0.6 is 24.0 Å². The molecule has 3 rings (SSSR count). The molecular formula is C16H24IN3O2. The van der Waals surface area contributed by atoms with Gasteiger partial charge in [-0.15, -0.1) is 24.0 Å². The highest BCUT2D eigenvalue weighted by molar-refractivity contribution is 14.0. The summed E-state index contributed by atoms with van der Waals surface area (Å²) in [5.41, 5.74) is 7.16. The number of ether oxygens (including phenoxy) is 2. The molecule has 2 fully saturated rings. The van der Waals surface area contributed by atoms with Crippen molar-refractivity contribution in [1.29, 1.82) is 0 Å². The molecule has 0 spiro atoms. The van der Waals surface area contributed by atoms with Gasteiger partial charge >= 0.3 is 0 Å². The molecule has 0 atom stereocenters. The molecule has 0 amide bonds. The highest BCUT2D eigenvalue weighted by atomic mass is 127. The maximum atomic E-state index is 6.06. The number of hydrogen-bond acceptors (Lipinski definition) is 3. The van der Waals surface area contributed by atoms with Crippen LogP contribution in [0.2, 0.25) is 0 Å². The van der Waals surface area contributed by atoms with E-state index in [4.69, 9.17) is 15.2 Å². The minimum atomic E-state index is 0. The summed E-state index contributed by atoms with van der Waals surface area (Å²) in [5, 5.41) is 0. The molecule has 0 aromatic heterocycles. The lowest BCUT2D eigenvalue weighted by atomic mass is 9.96. The number of aliphatic imine (C=N–C) groups is 1. The molecule has 0 unspecified atom stereocenters. The van der Waals surface area contributed by atoms with Crippen molar-refractivity contribution in [3.05, 3.63) is 29.8 Å². The number of nitrogens with two attached hydrogens (primary N) is 1. The van der Waals surface area contributed by atoms with Gasteiger partial charge in [-0.2, -0.15) is 0 Å². The lowest BCUT2D eigenvalue weighted by Gasteiger charge is -2.28. The van der Waals surface area contributed by atoms with Crippen molar-refractivity contribution in [3.8, 4) is 5.75 Å². The van der Waals surface area contributed by atoms with E-state index in [9.17, 15) is 0 Å². The van der Waals surface area contributed by atoms with Crippen LogP contribution in [-0.4, -0.2) is 43.3 Å². The van der Waals surface area contributed by atoms with E-state index >= 15 is 0 Å². The van der Waals surface area contributed by atoms with Crippen molar-refractivity contribution >= 4 is 29.9 Å². The first kappa shape index (κ1) is 17.3. The highest BCUT2D eigenvalue weighted by Gasteiger charge is 2.20. The minimum Gasteiger partial charge on any atom is -0.490 e. The van der Waals surface area contributed by atoms with Gasteiger partial charge in [0, 0.05) is 18.7 Å². The molecule has 1 saturated heterocycles. The lowest BCUT2D eigenvalue weighted by Crippen LogP contribution is -2.44.